The fourth-order valence-corrected chi connectivity index (χ4v) is 2.29. The molecule has 1 aromatic carbocycles. The molecule has 0 bridgehead atoms. The number of alkyl halides is 3. The Labute approximate surface area is 120 Å². The molecule has 1 aromatic rings. The number of nitrogens with zero attached hydrogens (tertiary/aromatic N) is 1. The molecule has 0 spiro atoms. The maximum Gasteiger partial charge on any atom is 0.401 e. The lowest BCUT2D eigenvalue weighted by molar-refractivity contribution is -0.148. The van der Waals surface area contributed by atoms with Gasteiger partial charge in [-0.15, -0.1) is 0 Å². The quantitative estimate of drug-likeness (QED) is 0.648. The van der Waals surface area contributed by atoms with E-state index in [1.807, 2.05) is 0 Å². The molecule has 3 nitrogen and oxygen atoms in total. The summed E-state index contributed by atoms with van der Waals surface area (Å²) in [6.45, 7) is -0.774. The van der Waals surface area contributed by atoms with Gasteiger partial charge in [-0.2, -0.15) is 13.2 Å². The third kappa shape index (κ3) is 4.11. The van der Waals surface area contributed by atoms with Crippen LogP contribution in [0.3, 0.4) is 0 Å². The van der Waals surface area contributed by atoms with Crippen molar-refractivity contribution in [3.63, 3.8) is 0 Å². The zero-order valence-electron chi connectivity index (χ0n) is 10.7. The summed E-state index contributed by atoms with van der Waals surface area (Å²) in [6.07, 6.45) is -2.63. The van der Waals surface area contributed by atoms with Crippen LogP contribution in [0.25, 0.3) is 0 Å². The van der Waals surface area contributed by atoms with Gasteiger partial charge in [0.1, 0.15) is 5.84 Å². The van der Waals surface area contributed by atoms with Gasteiger partial charge < -0.3 is 5.73 Å². The van der Waals surface area contributed by atoms with Gasteiger partial charge in [0.15, 0.2) is 0 Å². The lowest BCUT2D eigenvalue weighted by Gasteiger charge is -2.24. The van der Waals surface area contributed by atoms with E-state index in [-0.39, 0.29) is 18.4 Å². The molecule has 3 N–H and O–H groups in total. The van der Waals surface area contributed by atoms with E-state index in [4.69, 9.17) is 22.7 Å². The van der Waals surface area contributed by atoms with E-state index in [9.17, 15) is 13.2 Å². The van der Waals surface area contributed by atoms with Gasteiger partial charge in [0.05, 0.1) is 6.54 Å². The molecule has 1 fully saturated rings. The van der Waals surface area contributed by atoms with E-state index in [0.717, 1.165) is 12.8 Å². The van der Waals surface area contributed by atoms with Gasteiger partial charge >= 0.3 is 6.18 Å². The van der Waals surface area contributed by atoms with E-state index in [1.165, 1.54) is 11.0 Å². The average Bonchev–Trinajstić information content (AvgIpc) is 3.12. The van der Waals surface area contributed by atoms with Crippen molar-refractivity contribution >= 4 is 17.4 Å². The van der Waals surface area contributed by atoms with Gasteiger partial charge in [0.25, 0.3) is 0 Å². The van der Waals surface area contributed by atoms with Crippen LogP contribution in [0.4, 0.5) is 13.2 Å². The highest BCUT2D eigenvalue weighted by Gasteiger charge is 2.38. The van der Waals surface area contributed by atoms with Gasteiger partial charge in [0.2, 0.25) is 0 Å². The maximum atomic E-state index is 12.5. The third-order valence-corrected chi connectivity index (χ3v) is 3.54. The molecule has 20 heavy (non-hydrogen) atoms. The highest BCUT2D eigenvalue weighted by molar-refractivity contribution is 6.31. The molecule has 0 radical (unpaired) electrons. The van der Waals surface area contributed by atoms with Crippen LogP contribution < -0.4 is 5.73 Å². The summed E-state index contributed by atoms with van der Waals surface area (Å²) < 4.78 is 37.6. The van der Waals surface area contributed by atoms with E-state index < -0.39 is 12.7 Å². The zero-order valence-corrected chi connectivity index (χ0v) is 11.4. The van der Waals surface area contributed by atoms with Crippen LogP contribution >= 0.6 is 11.6 Å². The van der Waals surface area contributed by atoms with Gasteiger partial charge in [-0.1, -0.05) is 23.7 Å². The minimum Gasteiger partial charge on any atom is -0.384 e. The molecule has 0 aliphatic heterocycles. The largest absolute Gasteiger partial charge is 0.401 e. The van der Waals surface area contributed by atoms with Gasteiger partial charge in [-0.3, -0.25) is 10.3 Å². The van der Waals surface area contributed by atoms with Gasteiger partial charge in [-0.05, 0) is 24.5 Å². The average molecular weight is 306 g/mol. The van der Waals surface area contributed by atoms with Crippen molar-refractivity contribution in [2.24, 2.45) is 5.73 Å². The number of nitrogen functional groups attached to an aromatic ring is 1. The minimum absolute atomic E-state index is 0.0137. The molecule has 2 rings (SSSR count). The van der Waals surface area contributed by atoms with Crippen LogP contribution in [-0.4, -0.2) is 29.5 Å². The van der Waals surface area contributed by atoms with Gasteiger partial charge in [0, 0.05) is 23.2 Å². The summed E-state index contributed by atoms with van der Waals surface area (Å²) >= 11 is 6.05. The Balaban J connectivity index is 2.12. The number of benzene rings is 1. The molecule has 1 saturated carbocycles. The topological polar surface area (TPSA) is 53.1 Å². The Morgan fingerprint density at radius 2 is 2.05 bits per heavy atom. The maximum absolute atomic E-state index is 12.5. The standard InChI is InChI=1S/C13H15ClF3N3/c14-11-5-8(12(18)19)1-2-9(11)6-20(10-3-4-10)7-13(15,16)17/h1-2,5,10H,3-4,6-7H2,(H3,18,19). The van der Waals surface area contributed by atoms with Crippen molar-refractivity contribution in [2.45, 2.75) is 31.6 Å². The Morgan fingerprint density at radius 3 is 2.50 bits per heavy atom. The SMILES string of the molecule is N=C(N)c1ccc(CN(CC(F)(F)F)C2CC2)c(Cl)c1. The minimum atomic E-state index is -4.21. The number of hydrogen-bond donors (Lipinski definition) is 2. The van der Waals surface area contributed by atoms with E-state index in [2.05, 4.69) is 0 Å². The molecule has 0 aromatic heterocycles. The number of amidine groups is 1. The van der Waals surface area contributed by atoms with Gasteiger partial charge in [-0.25, -0.2) is 0 Å². The Kier molecular flexibility index (Phi) is 4.25. The van der Waals surface area contributed by atoms with Crippen molar-refractivity contribution in [1.82, 2.24) is 4.90 Å². The molecule has 1 aliphatic carbocycles. The van der Waals surface area contributed by atoms with Crippen molar-refractivity contribution in [3.05, 3.63) is 34.3 Å². The molecule has 0 amide bonds. The lowest BCUT2D eigenvalue weighted by atomic mass is 10.1. The predicted octanol–water partition coefficient (Wildman–Crippen LogP) is 3.15. The van der Waals surface area contributed by atoms with Crippen molar-refractivity contribution in [2.75, 3.05) is 6.54 Å². The lowest BCUT2D eigenvalue weighted by Crippen LogP contribution is -2.35. The predicted molar refractivity (Wildman–Crippen MR) is 72.0 cm³/mol. The number of rotatable bonds is 5. The van der Waals surface area contributed by atoms with Crippen LogP contribution in [0.2, 0.25) is 5.02 Å². The molecule has 0 heterocycles. The Hall–Kier alpha value is -1.27. The molecule has 1 aliphatic rings. The van der Waals surface area contributed by atoms with Crippen LogP contribution in [0, 0.1) is 5.41 Å². The monoisotopic (exact) mass is 305 g/mol. The second kappa shape index (κ2) is 5.61. The molecule has 0 unspecified atom stereocenters. The smallest absolute Gasteiger partial charge is 0.384 e. The normalized spacial score (nSPS) is 15.7. The van der Waals surface area contributed by atoms with Crippen molar-refractivity contribution in [1.29, 1.82) is 5.41 Å². The highest BCUT2D eigenvalue weighted by atomic mass is 35.5. The molecule has 110 valence electrons. The van der Waals surface area contributed by atoms with E-state index in [0.29, 0.717) is 16.1 Å². The third-order valence-electron chi connectivity index (χ3n) is 3.18. The number of nitrogens with two attached hydrogens (primary N) is 1. The number of nitrogens with one attached hydrogen (secondary N) is 1. The summed E-state index contributed by atoms with van der Waals surface area (Å²) in [4.78, 5) is 1.40. The van der Waals surface area contributed by atoms with E-state index >= 15 is 0 Å². The van der Waals surface area contributed by atoms with Crippen molar-refractivity contribution < 1.29 is 13.2 Å². The van der Waals surface area contributed by atoms with Crippen LogP contribution in [-0.2, 0) is 6.54 Å². The van der Waals surface area contributed by atoms with Crippen LogP contribution in [0.5, 0.6) is 0 Å². The van der Waals surface area contributed by atoms with Crippen LogP contribution in [0.1, 0.15) is 24.0 Å². The fourth-order valence-electron chi connectivity index (χ4n) is 2.05. The first-order valence-electron chi connectivity index (χ1n) is 6.20. The molecule has 0 atom stereocenters. The Bertz CT molecular complexity index is 512. The number of hydrogen-bond acceptors (Lipinski definition) is 2. The molecule has 0 saturated heterocycles. The van der Waals surface area contributed by atoms with Crippen LogP contribution in [0.15, 0.2) is 18.2 Å². The first-order valence-corrected chi connectivity index (χ1v) is 6.57. The molecular formula is C13H15ClF3N3. The molecular weight excluding hydrogens is 291 g/mol. The molecule has 7 heteroatoms. The Morgan fingerprint density at radius 1 is 1.40 bits per heavy atom. The second-order valence-corrected chi connectivity index (χ2v) is 5.38. The van der Waals surface area contributed by atoms with E-state index in [1.54, 1.807) is 12.1 Å². The summed E-state index contributed by atoms with van der Waals surface area (Å²) in [6, 6.07) is 4.73. The summed E-state index contributed by atoms with van der Waals surface area (Å²) in [5.74, 6) is -0.118. The summed E-state index contributed by atoms with van der Waals surface area (Å²) in [5, 5.41) is 7.64. The summed E-state index contributed by atoms with van der Waals surface area (Å²) in [5.41, 5.74) is 6.42. The zero-order chi connectivity index (χ0) is 14.9. The fraction of sp³-hybridized carbons (Fsp3) is 0.462. The highest BCUT2D eigenvalue weighted by Crippen LogP contribution is 2.32. The number of halogens is 4. The second-order valence-electron chi connectivity index (χ2n) is 4.97. The summed E-state index contributed by atoms with van der Waals surface area (Å²) in [7, 11) is 0. The van der Waals surface area contributed by atoms with Crippen molar-refractivity contribution in [3.8, 4) is 0 Å². The first-order chi connectivity index (χ1) is 9.26. The first kappa shape index (κ1) is 15.1.